The van der Waals surface area contributed by atoms with E-state index < -0.39 is 5.82 Å². The minimum atomic E-state index is -0.506. The molecule has 0 saturated carbocycles. The highest BCUT2D eigenvalue weighted by Gasteiger charge is 2.16. The number of carbonyl (C=O) groups is 1. The maximum absolute atomic E-state index is 13.2. The largest absolute Gasteiger partial charge is 0.492 e. The van der Waals surface area contributed by atoms with Gasteiger partial charge in [0, 0.05) is 0 Å². The van der Waals surface area contributed by atoms with Crippen LogP contribution >= 0.6 is 0 Å². The van der Waals surface area contributed by atoms with Crippen LogP contribution in [0.25, 0.3) is 11.0 Å². The van der Waals surface area contributed by atoms with E-state index in [-0.39, 0.29) is 17.1 Å². The van der Waals surface area contributed by atoms with E-state index in [2.05, 4.69) is 0 Å². The van der Waals surface area contributed by atoms with Gasteiger partial charge in [-0.1, -0.05) is 6.07 Å². The number of para-hydroxylation sites is 1. The van der Waals surface area contributed by atoms with Crippen LogP contribution in [0.5, 0.6) is 5.75 Å². The molecular weight excluding hydrogens is 187 g/mol. The van der Waals surface area contributed by atoms with E-state index in [1.165, 1.54) is 19.2 Å². The summed E-state index contributed by atoms with van der Waals surface area (Å²) in [5.41, 5.74) is 0.0476. The van der Waals surface area contributed by atoms with Gasteiger partial charge in [0.2, 0.25) is 5.76 Å². The van der Waals surface area contributed by atoms with E-state index in [4.69, 9.17) is 9.15 Å². The van der Waals surface area contributed by atoms with E-state index in [0.717, 1.165) is 0 Å². The Morgan fingerprint density at radius 3 is 2.93 bits per heavy atom. The summed E-state index contributed by atoms with van der Waals surface area (Å²) >= 11 is 0. The van der Waals surface area contributed by atoms with E-state index in [1.807, 2.05) is 0 Å². The zero-order chi connectivity index (χ0) is 10.1. The van der Waals surface area contributed by atoms with Gasteiger partial charge in [0.1, 0.15) is 0 Å². The number of hydrogen-bond acceptors (Lipinski definition) is 3. The normalized spacial score (nSPS) is 10.4. The second-order valence-electron chi connectivity index (χ2n) is 2.73. The van der Waals surface area contributed by atoms with Crippen molar-refractivity contribution >= 4 is 17.3 Å². The molecule has 2 aromatic rings. The van der Waals surface area contributed by atoms with Crippen LogP contribution in [0.15, 0.2) is 22.6 Å². The summed E-state index contributed by atoms with van der Waals surface area (Å²) in [4.78, 5) is 10.6. The number of furan rings is 1. The van der Waals surface area contributed by atoms with Crippen molar-refractivity contribution in [1.29, 1.82) is 0 Å². The lowest BCUT2D eigenvalue weighted by Gasteiger charge is -1.94. The second-order valence-corrected chi connectivity index (χ2v) is 2.73. The van der Waals surface area contributed by atoms with Crippen molar-refractivity contribution in [2.45, 2.75) is 0 Å². The van der Waals surface area contributed by atoms with Crippen LogP contribution in [-0.2, 0) is 0 Å². The smallest absolute Gasteiger partial charge is 0.209 e. The van der Waals surface area contributed by atoms with Gasteiger partial charge in [-0.25, -0.2) is 4.39 Å². The third-order valence-electron chi connectivity index (χ3n) is 1.96. The number of rotatable bonds is 2. The average molecular weight is 194 g/mol. The van der Waals surface area contributed by atoms with Crippen molar-refractivity contribution in [2.24, 2.45) is 0 Å². The van der Waals surface area contributed by atoms with Crippen LogP contribution in [-0.4, -0.2) is 13.4 Å². The van der Waals surface area contributed by atoms with Crippen molar-refractivity contribution in [2.75, 3.05) is 7.11 Å². The molecule has 0 fully saturated rings. The summed E-state index contributed by atoms with van der Waals surface area (Å²) in [5, 5.41) is 0.467. The quantitative estimate of drug-likeness (QED) is 0.689. The van der Waals surface area contributed by atoms with Gasteiger partial charge in [-0.05, 0) is 12.1 Å². The number of fused-ring (bicyclic) bond motifs is 1. The molecule has 0 bridgehead atoms. The number of hydrogen-bond donors (Lipinski definition) is 0. The number of ether oxygens (including phenoxy) is 1. The second kappa shape index (κ2) is 3.14. The Bertz CT molecular complexity index is 487. The van der Waals surface area contributed by atoms with Gasteiger partial charge in [0.15, 0.2) is 23.4 Å². The lowest BCUT2D eigenvalue weighted by atomic mass is 10.2. The molecule has 0 N–H and O–H groups in total. The average Bonchev–Trinajstić information content (AvgIpc) is 2.57. The first-order valence-corrected chi connectivity index (χ1v) is 3.98. The molecule has 1 aromatic carbocycles. The highest BCUT2D eigenvalue weighted by Crippen LogP contribution is 2.32. The highest BCUT2D eigenvalue weighted by atomic mass is 19.1. The molecule has 0 aliphatic carbocycles. The van der Waals surface area contributed by atoms with Gasteiger partial charge < -0.3 is 9.15 Å². The van der Waals surface area contributed by atoms with Crippen LogP contribution < -0.4 is 4.74 Å². The monoisotopic (exact) mass is 194 g/mol. The van der Waals surface area contributed by atoms with Crippen LogP contribution in [0.1, 0.15) is 10.6 Å². The Morgan fingerprint density at radius 1 is 1.50 bits per heavy atom. The maximum atomic E-state index is 13.2. The fraction of sp³-hybridized carbons (Fsp3) is 0.100. The Kier molecular flexibility index (Phi) is 1.96. The molecule has 3 nitrogen and oxygen atoms in total. The molecule has 1 aromatic heterocycles. The first-order valence-electron chi connectivity index (χ1n) is 3.98. The van der Waals surface area contributed by atoms with E-state index in [0.29, 0.717) is 11.7 Å². The Hall–Kier alpha value is -1.84. The topological polar surface area (TPSA) is 39.4 Å². The Labute approximate surface area is 79.1 Å². The molecule has 0 radical (unpaired) electrons. The predicted octanol–water partition coefficient (Wildman–Crippen LogP) is 2.39. The highest BCUT2D eigenvalue weighted by molar-refractivity contribution is 5.93. The zero-order valence-corrected chi connectivity index (χ0v) is 7.41. The fourth-order valence-corrected chi connectivity index (χ4v) is 1.37. The molecule has 72 valence electrons. The molecule has 14 heavy (non-hydrogen) atoms. The molecule has 0 aliphatic heterocycles. The molecule has 0 spiro atoms. The summed E-state index contributed by atoms with van der Waals surface area (Å²) in [6, 6.07) is 4.43. The molecule has 0 unspecified atom stereocenters. The summed E-state index contributed by atoms with van der Waals surface area (Å²) in [6.45, 7) is 0. The van der Waals surface area contributed by atoms with Crippen molar-refractivity contribution in [3.63, 3.8) is 0 Å². The van der Waals surface area contributed by atoms with Crippen molar-refractivity contribution in [3.05, 3.63) is 29.8 Å². The first-order chi connectivity index (χ1) is 6.77. The van der Waals surface area contributed by atoms with E-state index in [9.17, 15) is 9.18 Å². The predicted molar refractivity (Wildman–Crippen MR) is 48.1 cm³/mol. The molecule has 2 rings (SSSR count). The minimum absolute atomic E-state index is 0.00704. The fourth-order valence-electron chi connectivity index (χ4n) is 1.37. The number of aldehydes is 1. The summed E-state index contributed by atoms with van der Waals surface area (Å²) in [6.07, 6.45) is 0.498. The van der Waals surface area contributed by atoms with Crippen molar-refractivity contribution in [1.82, 2.24) is 0 Å². The number of carbonyl (C=O) groups excluding carboxylic acids is 1. The molecule has 0 amide bonds. The summed E-state index contributed by atoms with van der Waals surface area (Å²) in [5.74, 6) is -0.226. The van der Waals surface area contributed by atoms with Gasteiger partial charge in [0.05, 0.1) is 12.5 Å². The number of halogens is 1. The van der Waals surface area contributed by atoms with Crippen LogP contribution in [0.2, 0.25) is 0 Å². The third-order valence-corrected chi connectivity index (χ3v) is 1.96. The summed E-state index contributed by atoms with van der Waals surface area (Å²) < 4.78 is 23.1. The summed E-state index contributed by atoms with van der Waals surface area (Å²) in [7, 11) is 1.40. The zero-order valence-electron chi connectivity index (χ0n) is 7.41. The molecule has 0 saturated heterocycles. The molecule has 0 aliphatic rings. The van der Waals surface area contributed by atoms with Crippen LogP contribution in [0.3, 0.4) is 0 Å². The SMILES string of the molecule is COc1c(C=O)oc2c(F)cccc12. The van der Waals surface area contributed by atoms with E-state index in [1.54, 1.807) is 6.07 Å². The number of methoxy groups -OCH3 is 1. The van der Waals surface area contributed by atoms with Crippen molar-refractivity contribution < 1.29 is 18.3 Å². The first kappa shape index (κ1) is 8.74. The molecular formula is C10H7FO3. The maximum Gasteiger partial charge on any atom is 0.209 e. The third kappa shape index (κ3) is 1.08. The Balaban J connectivity index is 2.86. The van der Waals surface area contributed by atoms with Gasteiger partial charge in [-0.15, -0.1) is 0 Å². The standard InChI is InChI=1S/C10H7FO3/c1-13-10-6-3-2-4-7(11)9(6)14-8(10)5-12/h2-5H,1H3. The molecule has 4 heteroatoms. The lowest BCUT2D eigenvalue weighted by molar-refractivity contribution is 0.109. The lowest BCUT2D eigenvalue weighted by Crippen LogP contribution is -1.84. The van der Waals surface area contributed by atoms with Gasteiger partial charge in [-0.3, -0.25) is 4.79 Å². The van der Waals surface area contributed by atoms with E-state index >= 15 is 0 Å². The van der Waals surface area contributed by atoms with Gasteiger partial charge >= 0.3 is 0 Å². The molecule has 0 atom stereocenters. The van der Waals surface area contributed by atoms with Crippen LogP contribution in [0.4, 0.5) is 4.39 Å². The van der Waals surface area contributed by atoms with Gasteiger partial charge in [-0.2, -0.15) is 0 Å². The van der Waals surface area contributed by atoms with Crippen molar-refractivity contribution in [3.8, 4) is 5.75 Å². The number of benzene rings is 1. The van der Waals surface area contributed by atoms with Crippen LogP contribution in [0, 0.1) is 5.82 Å². The van der Waals surface area contributed by atoms with Gasteiger partial charge in [0.25, 0.3) is 0 Å². The Morgan fingerprint density at radius 2 is 2.29 bits per heavy atom. The minimum Gasteiger partial charge on any atom is -0.492 e. The molecule has 1 heterocycles.